The Kier molecular flexibility index (Phi) is 2.80. The lowest BCUT2D eigenvalue weighted by Crippen LogP contribution is -2.12. The zero-order valence-corrected chi connectivity index (χ0v) is 9.34. The summed E-state index contributed by atoms with van der Waals surface area (Å²) < 4.78 is 0. The van der Waals surface area contributed by atoms with Gasteiger partial charge in [0.2, 0.25) is 0 Å². The Hall–Kier alpha value is -2.70. The van der Waals surface area contributed by atoms with Crippen LogP contribution < -0.4 is 10.5 Å². The molecule has 1 aliphatic heterocycles. The average Bonchev–Trinajstić information content (AvgIpc) is 2.63. The van der Waals surface area contributed by atoms with Crippen molar-refractivity contribution < 1.29 is 14.8 Å². The van der Waals surface area contributed by atoms with Gasteiger partial charge in [0.25, 0.3) is 11.6 Å². The second-order valence-electron chi connectivity index (χ2n) is 3.68. The molecule has 7 heteroatoms. The number of nitro groups is 1. The van der Waals surface area contributed by atoms with Gasteiger partial charge in [-0.25, -0.2) is 5.43 Å². The number of nitrogens with one attached hydrogen (secondary N) is 1. The number of benzene rings is 1. The van der Waals surface area contributed by atoms with Crippen molar-refractivity contribution in [1.82, 2.24) is 5.43 Å². The Bertz CT molecular complexity index is 604. The molecule has 92 valence electrons. The quantitative estimate of drug-likeness (QED) is 0.467. The summed E-state index contributed by atoms with van der Waals surface area (Å²) in [5, 5.41) is 25.9. The van der Waals surface area contributed by atoms with Crippen LogP contribution in [0.3, 0.4) is 0 Å². The molecule has 1 heterocycles. The van der Waals surface area contributed by atoms with Gasteiger partial charge in [-0.2, -0.15) is 5.10 Å². The largest absolute Gasteiger partial charge is 0.872 e. The summed E-state index contributed by atoms with van der Waals surface area (Å²) in [5.74, 6) is -0.820. The molecule has 1 N–H and O–H groups in total. The van der Waals surface area contributed by atoms with Gasteiger partial charge in [-0.15, -0.1) is 5.75 Å². The minimum atomic E-state index is -0.600. The van der Waals surface area contributed by atoms with Crippen LogP contribution in [-0.2, 0) is 4.79 Å². The molecule has 0 saturated heterocycles. The van der Waals surface area contributed by atoms with E-state index in [-0.39, 0.29) is 22.6 Å². The van der Waals surface area contributed by atoms with E-state index < -0.39 is 10.8 Å². The van der Waals surface area contributed by atoms with Crippen LogP contribution in [0.5, 0.6) is 5.75 Å². The standard InChI is InChI=1S/C11H9N3O4/c1-6-9(11(16)13-12-6)5-7-4-8(14(17)18)2-3-10(7)15/h2-5,15H,1H3,(H,13,16)/p-1/b9-5-. The molecule has 0 aromatic heterocycles. The smallest absolute Gasteiger partial charge is 0.273 e. The van der Waals surface area contributed by atoms with E-state index in [0.717, 1.165) is 18.2 Å². The van der Waals surface area contributed by atoms with Crippen molar-refractivity contribution in [3.8, 4) is 5.75 Å². The van der Waals surface area contributed by atoms with Crippen molar-refractivity contribution >= 4 is 23.4 Å². The minimum absolute atomic E-state index is 0.0887. The molecule has 0 radical (unpaired) electrons. The molecule has 0 spiro atoms. The van der Waals surface area contributed by atoms with Gasteiger partial charge in [0, 0.05) is 12.1 Å². The van der Waals surface area contributed by atoms with Crippen molar-refractivity contribution in [2.24, 2.45) is 5.10 Å². The molecule has 1 aromatic rings. The maximum Gasteiger partial charge on any atom is 0.273 e. The predicted octanol–water partition coefficient (Wildman–Crippen LogP) is 0.557. The highest BCUT2D eigenvalue weighted by Crippen LogP contribution is 2.24. The van der Waals surface area contributed by atoms with Gasteiger partial charge < -0.3 is 5.11 Å². The molecule has 0 unspecified atom stereocenters. The second kappa shape index (κ2) is 4.28. The van der Waals surface area contributed by atoms with E-state index >= 15 is 0 Å². The summed E-state index contributed by atoms with van der Waals surface area (Å²) in [4.78, 5) is 21.4. The van der Waals surface area contributed by atoms with Crippen LogP contribution in [0.2, 0.25) is 0 Å². The molecular weight excluding hydrogens is 238 g/mol. The lowest BCUT2D eigenvalue weighted by molar-refractivity contribution is -0.385. The first-order valence-electron chi connectivity index (χ1n) is 5.01. The van der Waals surface area contributed by atoms with Gasteiger partial charge in [0.1, 0.15) is 0 Å². The fraction of sp³-hybridized carbons (Fsp3) is 0.0909. The van der Waals surface area contributed by atoms with Crippen molar-refractivity contribution in [3.05, 3.63) is 39.4 Å². The number of nitro benzene ring substituents is 1. The van der Waals surface area contributed by atoms with Gasteiger partial charge in [-0.05, 0) is 18.6 Å². The number of carbonyl (C=O) groups is 1. The van der Waals surface area contributed by atoms with E-state index in [1.54, 1.807) is 6.92 Å². The molecule has 0 bridgehead atoms. The Morgan fingerprint density at radius 2 is 2.17 bits per heavy atom. The first kappa shape index (κ1) is 11.8. The van der Waals surface area contributed by atoms with Crippen molar-refractivity contribution in [1.29, 1.82) is 0 Å². The van der Waals surface area contributed by atoms with E-state index in [0.29, 0.717) is 5.71 Å². The Morgan fingerprint density at radius 3 is 2.72 bits per heavy atom. The number of hydrazone groups is 1. The topological polar surface area (TPSA) is 108 Å². The third kappa shape index (κ3) is 2.05. The van der Waals surface area contributed by atoms with Crippen LogP contribution in [-0.4, -0.2) is 16.5 Å². The molecule has 1 aromatic carbocycles. The van der Waals surface area contributed by atoms with Crippen LogP contribution >= 0.6 is 0 Å². The van der Waals surface area contributed by atoms with Crippen molar-refractivity contribution in [3.63, 3.8) is 0 Å². The minimum Gasteiger partial charge on any atom is -0.872 e. The summed E-state index contributed by atoms with van der Waals surface area (Å²) in [6, 6.07) is 3.36. The number of carbonyl (C=O) groups excluding carboxylic acids is 1. The molecule has 2 rings (SSSR count). The second-order valence-corrected chi connectivity index (χ2v) is 3.68. The molecule has 0 aliphatic carbocycles. The molecule has 0 fully saturated rings. The third-order valence-corrected chi connectivity index (χ3v) is 2.46. The molecular formula is C11H8N3O4-. The summed E-state index contributed by atoms with van der Waals surface area (Å²) in [6.07, 6.45) is 1.30. The van der Waals surface area contributed by atoms with Crippen molar-refractivity contribution in [2.45, 2.75) is 6.92 Å². The van der Waals surface area contributed by atoms with Gasteiger partial charge in [0.15, 0.2) is 0 Å². The van der Waals surface area contributed by atoms with Crippen molar-refractivity contribution in [2.75, 3.05) is 0 Å². The summed E-state index contributed by atoms with van der Waals surface area (Å²) in [6.45, 7) is 1.60. The monoisotopic (exact) mass is 246 g/mol. The Balaban J connectivity index is 2.48. The first-order valence-corrected chi connectivity index (χ1v) is 5.01. The van der Waals surface area contributed by atoms with E-state index in [1.807, 2.05) is 0 Å². The molecule has 0 atom stereocenters. The highest BCUT2D eigenvalue weighted by atomic mass is 16.6. The lowest BCUT2D eigenvalue weighted by atomic mass is 10.1. The van der Waals surface area contributed by atoms with Crippen LogP contribution in [0.1, 0.15) is 12.5 Å². The molecule has 0 saturated carbocycles. The van der Waals surface area contributed by atoms with Crippen LogP contribution in [0, 0.1) is 10.1 Å². The van der Waals surface area contributed by atoms with E-state index in [4.69, 9.17) is 0 Å². The zero-order chi connectivity index (χ0) is 13.3. The van der Waals surface area contributed by atoms with E-state index in [9.17, 15) is 20.0 Å². The number of non-ortho nitro benzene ring substituents is 1. The van der Waals surface area contributed by atoms with Gasteiger partial charge >= 0.3 is 0 Å². The summed E-state index contributed by atoms with van der Waals surface area (Å²) in [5.41, 5.74) is 2.80. The number of hydrogen-bond acceptors (Lipinski definition) is 5. The third-order valence-electron chi connectivity index (χ3n) is 2.46. The highest BCUT2D eigenvalue weighted by Gasteiger charge is 2.19. The van der Waals surface area contributed by atoms with E-state index in [1.165, 1.54) is 6.08 Å². The number of amides is 1. The fourth-order valence-corrected chi connectivity index (χ4v) is 1.51. The molecule has 18 heavy (non-hydrogen) atoms. The summed E-state index contributed by atoms with van der Waals surface area (Å²) >= 11 is 0. The molecule has 7 nitrogen and oxygen atoms in total. The van der Waals surface area contributed by atoms with E-state index in [2.05, 4.69) is 10.5 Å². The number of hydrogen-bond donors (Lipinski definition) is 1. The SMILES string of the molecule is CC1=NNC(=O)/C1=C\c1cc([N+](=O)[O-])ccc1[O-]. The first-order chi connectivity index (χ1) is 8.49. The zero-order valence-electron chi connectivity index (χ0n) is 9.34. The van der Waals surface area contributed by atoms with Crippen LogP contribution in [0.15, 0.2) is 28.9 Å². The predicted molar refractivity (Wildman–Crippen MR) is 61.8 cm³/mol. The van der Waals surface area contributed by atoms with Gasteiger partial charge in [-0.1, -0.05) is 6.07 Å². The maximum absolute atomic E-state index is 11.6. The average molecular weight is 246 g/mol. The molecule has 1 amide bonds. The summed E-state index contributed by atoms with van der Waals surface area (Å²) in [7, 11) is 0. The van der Waals surface area contributed by atoms with Gasteiger partial charge in [0.05, 0.1) is 16.2 Å². The normalized spacial score (nSPS) is 16.6. The van der Waals surface area contributed by atoms with Crippen LogP contribution in [0.25, 0.3) is 6.08 Å². The highest BCUT2D eigenvalue weighted by molar-refractivity contribution is 6.26. The molecule has 1 aliphatic rings. The van der Waals surface area contributed by atoms with Gasteiger partial charge in [-0.3, -0.25) is 14.9 Å². The number of rotatable bonds is 2. The fourth-order valence-electron chi connectivity index (χ4n) is 1.51. The maximum atomic E-state index is 11.6. The van der Waals surface area contributed by atoms with Crippen LogP contribution in [0.4, 0.5) is 5.69 Å². The number of nitrogens with zero attached hydrogens (tertiary/aromatic N) is 2. The lowest BCUT2D eigenvalue weighted by Gasteiger charge is -2.09. The Morgan fingerprint density at radius 1 is 1.44 bits per heavy atom. The Labute approximate surface area is 102 Å².